The normalized spacial score (nSPS) is 20.5. The fraction of sp³-hybridized carbons (Fsp3) is 0.385. The highest BCUT2D eigenvalue weighted by Crippen LogP contribution is 2.43. The number of carbonyl (C=O) groups is 2. The lowest BCUT2D eigenvalue weighted by Gasteiger charge is -2.23. The Balaban J connectivity index is 2.12. The van der Waals surface area contributed by atoms with Crippen molar-refractivity contribution in [1.29, 1.82) is 0 Å². The minimum atomic E-state index is -0.826. The van der Waals surface area contributed by atoms with E-state index in [0.717, 1.165) is 5.56 Å². The molecule has 0 saturated heterocycles. The van der Waals surface area contributed by atoms with Gasteiger partial charge in [0.1, 0.15) is 5.92 Å². The number of methoxy groups -OCH3 is 1. The lowest BCUT2D eigenvalue weighted by molar-refractivity contribution is -0.146. The number of esters is 1. The third kappa shape index (κ3) is 1.47. The van der Waals surface area contributed by atoms with Crippen LogP contribution in [0.4, 0.5) is 0 Å². The van der Waals surface area contributed by atoms with E-state index < -0.39 is 11.9 Å². The third-order valence-electron chi connectivity index (χ3n) is 3.37. The molecular formula is C13H12O5. The summed E-state index contributed by atoms with van der Waals surface area (Å²) in [5.41, 5.74) is 1.57. The van der Waals surface area contributed by atoms with Gasteiger partial charge in [-0.1, -0.05) is 6.07 Å². The Morgan fingerprint density at radius 3 is 2.94 bits per heavy atom. The van der Waals surface area contributed by atoms with E-state index in [1.54, 1.807) is 12.1 Å². The first-order chi connectivity index (χ1) is 8.72. The number of fused-ring (bicyclic) bond motifs is 3. The largest absolute Gasteiger partial charge is 0.468 e. The summed E-state index contributed by atoms with van der Waals surface area (Å²) in [7, 11) is 1.29. The molecule has 0 bridgehead atoms. The summed E-state index contributed by atoms with van der Waals surface area (Å²) in [6.07, 6.45) is 0.904. The van der Waals surface area contributed by atoms with Crippen molar-refractivity contribution in [1.82, 2.24) is 0 Å². The number of carbonyl (C=O) groups excluding carboxylic acids is 2. The van der Waals surface area contributed by atoms with Gasteiger partial charge < -0.3 is 14.2 Å². The number of hydrogen-bond acceptors (Lipinski definition) is 5. The van der Waals surface area contributed by atoms with Crippen LogP contribution in [0.3, 0.4) is 0 Å². The van der Waals surface area contributed by atoms with Crippen LogP contribution in [-0.2, 0) is 20.7 Å². The molecule has 1 aromatic rings. The van der Waals surface area contributed by atoms with Crippen LogP contribution < -0.4 is 9.47 Å². The van der Waals surface area contributed by atoms with Crippen LogP contribution in [0.15, 0.2) is 12.1 Å². The number of ether oxygens (including phenoxy) is 3. The number of rotatable bonds is 1. The Morgan fingerprint density at radius 2 is 2.17 bits per heavy atom. The van der Waals surface area contributed by atoms with Crippen molar-refractivity contribution in [3.05, 3.63) is 23.3 Å². The van der Waals surface area contributed by atoms with Crippen molar-refractivity contribution >= 4 is 11.8 Å². The third-order valence-corrected chi connectivity index (χ3v) is 3.37. The van der Waals surface area contributed by atoms with Gasteiger partial charge in [0.15, 0.2) is 17.3 Å². The molecule has 0 fully saturated rings. The zero-order valence-corrected chi connectivity index (χ0v) is 9.89. The molecule has 0 saturated carbocycles. The van der Waals surface area contributed by atoms with Crippen molar-refractivity contribution in [3.8, 4) is 11.5 Å². The molecule has 1 heterocycles. The molecule has 0 spiro atoms. The van der Waals surface area contributed by atoms with Gasteiger partial charge in [-0.25, -0.2) is 0 Å². The Hall–Kier alpha value is -2.04. The quantitative estimate of drug-likeness (QED) is 0.551. The summed E-state index contributed by atoms with van der Waals surface area (Å²) in [6, 6.07) is 3.48. The average molecular weight is 248 g/mol. The van der Waals surface area contributed by atoms with Gasteiger partial charge in [0, 0.05) is 12.0 Å². The van der Waals surface area contributed by atoms with E-state index in [9.17, 15) is 9.59 Å². The molecule has 1 atom stereocenters. The maximum atomic E-state index is 11.9. The SMILES string of the molecule is COC(=O)[C@@H]1C(=O)CCc2c1ccc1c2OCO1. The first-order valence-electron chi connectivity index (χ1n) is 5.74. The van der Waals surface area contributed by atoms with E-state index in [-0.39, 0.29) is 12.6 Å². The molecular weight excluding hydrogens is 236 g/mol. The maximum Gasteiger partial charge on any atom is 0.320 e. The van der Waals surface area contributed by atoms with Crippen molar-refractivity contribution < 1.29 is 23.8 Å². The van der Waals surface area contributed by atoms with Crippen molar-refractivity contribution in [2.45, 2.75) is 18.8 Å². The zero-order valence-electron chi connectivity index (χ0n) is 9.89. The minimum absolute atomic E-state index is 0.104. The van der Waals surface area contributed by atoms with E-state index in [1.165, 1.54) is 7.11 Å². The summed E-state index contributed by atoms with van der Waals surface area (Å²) in [6.45, 7) is 0.183. The molecule has 0 amide bonds. The molecule has 5 nitrogen and oxygen atoms in total. The van der Waals surface area contributed by atoms with E-state index >= 15 is 0 Å². The topological polar surface area (TPSA) is 61.8 Å². The molecule has 0 unspecified atom stereocenters. The standard InChI is InChI=1S/C13H12O5/c1-16-13(15)11-7-3-5-10-12(18-6-17-10)8(7)2-4-9(11)14/h3,5,11H,2,4,6H2,1H3/t11-/m0/s1. The molecule has 5 heteroatoms. The first-order valence-corrected chi connectivity index (χ1v) is 5.74. The Bertz CT molecular complexity index is 534. The molecule has 94 valence electrons. The van der Waals surface area contributed by atoms with Gasteiger partial charge in [-0.15, -0.1) is 0 Å². The van der Waals surface area contributed by atoms with Crippen molar-refractivity contribution in [2.75, 3.05) is 13.9 Å². The van der Waals surface area contributed by atoms with Gasteiger partial charge in [-0.3, -0.25) is 9.59 Å². The second kappa shape index (κ2) is 4.01. The lowest BCUT2D eigenvalue weighted by atomic mass is 9.81. The highest BCUT2D eigenvalue weighted by Gasteiger charge is 2.37. The van der Waals surface area contributed by atoms with Crippen LogP contribution in [0.25, 0.3) is 0 Å². The zero-order chi connectivity index (χ0) is 12.7. The molecule has 0 N–H and O–H groups in total. The van der Waals surface area contributed by atoms with Crippen LogP contribution in [0.2, 0.25) is 0 Å². The fourth-order valence-corrected chi connectivity index (χ4v) is 2.52. The molecule has 1 aromatic carbocycles. The van der Waals surface area contributed by atoms with Crippen LogP contribution in [0.5, 0.6) is 11.5 Å². The van der Waals surface area contributed by atoms with Crippen LogP contribution in [0.1, 0.15) is 23.5 Å². The Kier molecular flexibility index (Phi) is 2.47. The van der Waals surface area contributed by atoms with Gasteiger partial charge in [0.05, 0.1) is 7.11 Å². The molecule has 2 aliphatic rings. The molecule has 18 heavy (non-hydrogen) atoms. The fourth-order valence-electron chi connectivity index (χ4n) is 2.52. The Morgan fingerprint density at radius 1 is 1.33 bits per heavy atom. The average Bonchev–Trinajstić information content (AvgIpc) is 2.86. The van der Waals surface area contributed by atoms with E-state index in [2.05, 4.69) is 0 Å². The van der Waals surface area contributed by atoms with Gasteiger partial charge in [-0.2, -0.15) is 0 Å². The van der Waals surface area contributed by atoms with Crippen molar-refractivity contribution in [2.24, 2.45) is 0 Å². The first kappa shape index (κ1) is 11.1. The highest BCUT2D eigenvalue weighted by molar-refractivity contribution is 6.06. The van der Waals surface area contributed by atoms with Crippen molar-refractivity contribution in [3.63, 3.8) is 0 Å². The predicted molar refractivity (Wildman–Crippen MR) is 60.7 cm³/mol. The van der Waals surface area contributed by atoms with Gasteiger partial charge >= 0.3 is 5.97 Å². The number of hydrogen-bond donors (Lipinski definition) is 0. The maximum absolute atomic E-state index is 11.9. The highest BCUT2D eigenvalue weighted by atomic mass is 16.7. The smallest absolute Gasteiger partial charge is 0.320 e. The summed E-state index contributed by atoms with van der Waals surface area (Å²) in [5, 5.41) is 0. The molecule has 1 aliphatic heterocycles. The lowest BCUT2D eigenvalue weighted by Crippen LogP contribution is -2.28. The van der Waals surface area contributed by atoms with Crippen LogP contribution in [0, 0.1) is 0 Å². The molecule has 0 radical (unpaired) electrons. The molecule has 3 rings (SSSR count). The van der Waals surface area contributed by atoms with Gasteiger partial charge in [-0.05, 0) is 18.1 Å². The summed E-state index contributed by atoms with van der Waals surface area (Å²) >= 11 is 0. The minimum Gasteiger partial charge on any atom is -0.468 e. The monoisotopic (exact) mass is 248 g/mol. The Labute approximate surface area is 104 Å². The van der Waals surface area contributed by atoms with Gasteiger partial charge in [0.25, 0.3) is 0 Å². The number of ketones is 1. The molecule has 0 aromatic heterocycles. The van der Waals surface area contributed by atoms with Gasteiger partial charge in [0.2, 0.25) is 6.79 Å². The number of Topliss-reactive ketones (excluding diaryl/α,β-unsaturated/α-hetero) is 1. The number of benzene rings is 1. The van der Waals surface area contributed by atoms with E-state index in [1.807, 2.05) is 0 Å². The second-order valence-corrected chi connectivity index (χ2v) is 4.29. The summed E-state index contributed by atoms with van der Waals surface area (Å²) < 4.78 is 15.4. The second-order valence-electron chi connectivity index (χ2n) is 4.29. The summed E-state index contributed by atoms with van der Waals surface area (Å²) in [5.74, 6) is -0.109. The van der Waals surface area contributed by atoms with E-state index in [0.29, 0.717) is 29.9 Å². The molecule has 1 aliphatic carbocycles. The van der Waals surface area contributed by atoms with Crippen LogP contribution in [-0.4, -0.2) is 25.7 Å². The predicted octanol–water partition coefficient (Wildman–Crippen LogP) is 1.19. The summed E-state index contributed by atoms with van der Waals surface area (Å²) in [4.78, 5) is 23.6. The van der Waals surface area contributed by atoms with E-state index in [4.69, 9.17) is 14.2 Å². The van der Waals surface area contributed by atoms with Crippen LogP contribution >= 0.6 is 0 Å².